The summed E-state index contributed by atoms with van der Waals surface area (Å²) >= 11 is 0. The third-order valence-electron chi connectivity index (χ3n) is 3.64. The van der Waals surface area contributed by atoms with Gasteiger partial charge < -0.3 is 16.2 Å². The summed E-state index contributed by atoms with van der Waals surface area (Å²) in [6.45, 7) is 3.73. The van der Waals surface area contributed by atoms with Crippen LogP contribution < -0.4 is 11.1 Å². The Kier molecular flexibility index (Phi) is 5.59. The molecule has 0 spiro atoms. The highest BCUT2D eigenvalue weighted by Crippen LogP contribution is 2.24. The van der Waals surface area contributed by atoms with Crippen molar-refractivity contribution in [1.29, 1.82) is 0 Å². The van der Waals surface area contributed by atoms with Crippen LogP contribution in [0.5, 0.6) is 0 Å². The van der Waals surface area contributed by atoms with Crippen molar-refractivity contribution in [2.75, 3.05) is 0 Å². The van der Waals surface area contributed by atoms with Crippen LogP contribution in [0.1, 0.15) is 46.0 Å². The Bertz CT molecular complexity index is 305. The van der Waals surface area contributed by atoms with E-state index in [9.17, 15) is 14.7 Å². The second-order valence-corrected chi connectivity index (χ2v) is 5.48. The van der Waals surface area contributed by atoms with Gasteiger partial charge in [-0.15, -0.1) is 0 Å². The van der Waals surface area contributed by atoms with Crippen molar-refractivity contribution >= 4 is 11.8 Å². The number of hydrogen-bond donors (Lipinski definition) is 3. The minimum absolute atomic E-state index is 0.0500. The molecule has 2 amide bonds. The van der Waals surface area contributed by atoms with Gasteiger partial charge >= 0.3 is 0 Å². The molecule has 0 saturated heterocycles. The lowest BCUT2D eigenvalue weighted by atomic mass is 9.84. The van der Waals surface area contributed by atoms with Crippen LogP contribution in [-0.4, -0.2) is 29.1 Å². The molecule has 104 valence electrons. The normalized spacial score (nSPS) is 25.8. The van der Waals surface area contributed by atoms with Gasteiger partial charge in [-0.2, -0.15) is 0 Å². The Hall–Kier alpha value is -1.10. The van der Waals surface area contributed by atoms with Gasteiger partial charge in [-0.05, 0) is 18.8 Å². The Labute approximate surface area is 108 Å². The Balaban J connectivity index is 2.48. The number of aliphatic hydroxyl groups is 1. The van der Waals surface area contributed by atoms with Gasteiger partial charge in [0.1, 0.15) is 0 Å². The molecule has 1 aliphatic carbocycles. The summed E-state index contributed by atoms with van der Waals surface area (Å²) < 4.78 is 0. The zero-order chi connectivity index (χ0) is 13.7. The molecule has 0 heterocycles. The molecule has 0 aromatic rings. The second kappa shape index (κ2) is 6.73. The first kappa shape index (κ1) is 15.0. The number of primary amides is 1. The lowest BCUT2D eigenvalue weighted by molar-refractivity contribution is -0.127. The molecule has 18 heavy (non-hydrogen) atoms. The van der Waals surface area contributed by atoms with Crippen molar-refractivity contribution in [2.24, 2.45) is 17.6 Å². The number of carbonyl (C=O) groups is 2. The van der Waals surface area contributed by atoms with Gasteiger partial charge in [0.2, 0.25) is 11.8 Å². The predicted octanol–water partition coefficient (Wildman–Crippen LogP) is 0.554. The maximum atomic E-state index is 11.8. The zero-order valence-electron chi connectivity index (χ0n) is 11.2. The van der Waals surface area contributed by atoms with Gasteiger partial charge in [0, 0.05) is 6.04 Å². The highest BCUT2D eigenvalue weighted by Gasteiger charge is 2.30. The molecule has 3 unspecified atom stereocenters. The minimum Gasteiger partial charge on any atom is -0.392 e. The topological polar surface area (TPSA) is 92.4 Å². The highest BCUT2D eigenvalue weighted by atomic mass is 16.3. The first-order chi connectivity index (χ1) is 8.41. The maximum absolute atomic E-state index is 11.8. The van der Waals surface area contributed by atoms with Gasteiger partial charge in [0.15, 0.2) is 0 Å². The molecule has 1 aliphatic rings. The predicted molar refractivity (Wildman–Crippen MR) is 68.5 cm³/mol. The van der Waals surface area contributed by atoms with Crippen LogP contribution in [0.4, 0.5) is 0 Å². The van der Waals surface area contributed by atoms with E-state index in [0.717, 1.165) is 25.7 Å². The summed E-state index contributed by atoms with van der Waals surface area (Å²) in [7, 11) is 0. The van der Waals surface area contributed by atoms with E-state index in [4.69, 9.17) is 5.73 Å². The van der Waals surface area contributed by atoms with E-state index in [1.807, 2.05) is 13.8 Å². The second-order valence-electron chi connectivity index (χ2n) is 5.48. The van der Waals surface area contributed by atoms with E-state index in [1.165, 1.54) is 0 Å². The fourth-order valence-corrected chi connectivity index (χ4v) is 2.34. The molecule has 0 aromatic heterocycles. The Morgan fingerprint density at radius 1 is 1.33 bits per heavy atom. The quantitative estimate of drug-likeness (QED) is 0.671. The van der Waals surface area contributed by atoms with Crippen molar-refractivity contribution in [3.63, 3.8) is 0 Å². The van der Waals surface area contributed by atoms with Gasteiger partial charge in [0.05, 0.1) is 18.4 Å². The van der Waals surface area contributed by atoms with Crippen LogP contribution >= 0.6 is 0 Å². The molecule has 0 radical (unpaired) electrons. The van der Waals surface area contributed by atoms with Gasteiger partial charge in [-0.1, -0.05) is 26.7 Å². The molecule has 0 bridgehead atoms. The van der Waals surface area contributed by atoms with Crippen molar-refractivity contribution < 1.29 is 14.7 Å². The highest BCUT2D eigenvalue weighted by molar-refractivity contribution is 5.80. The molecule has 3 atom stereocenters. The molecule has 1 rings (SSSR count). The summed E-state index contributed by atoms with van der Waals surface area (Å²) in [6.07, 6.45) is 2.96. The van der Waals surface area contributed by atoms with E-state index >= 15 is 0 Å². The standard InChI is InChI=1S/C13H24N2O3/c1-8(2)11(16)7-12(17)15-10-6-4-3-5-9(10)13(14)18/h8-11,16H,3-7H2,1-2H3,(H2,14,18)(H,15,17). The van der Waals surface area contributed by atoms with Gasteiger partial charge in [0.25, 0.3) is 0 Å². The van der Waals surface area contributed by atoms with Crippen molar-refractivity contribution in [1.82, 2.24) is 5.32 Å². The molecule has 5 heteroatoms. The molecule has 4 N–H and O–H groups in total. The van der Waals surface area contributed by atoms with Crippen LogP contribution in [-0.2, 0) is 9.59 Å². The third kappa shape index (κ3) is 4.29. The van der Waals surface area contributed by atoms with E-state index in [-0.39, 0.29) is 36.1 Å². The third-order valence-corrected chi connectivity index (χ3v) is 3.64. The first-order valence-electron chi connectivity index (χ1n) is 6.68. The molecule has 5 nitrogen and oxygen atoms in total. The number of hydrogen-bond acceptors (Lipinski definition) is 3. The number of nitrogens with two attached hydrogens (primary N) is 1. The Morgan fingerprint density at radius 3 is 2.50 bits per heavy atom. The van der Waals surface area contributed by atoms with E-state index in [0.29, 0.717) is 0 Å². The summed E-state index contributed by atoms with van der Waals surface area (Å²) in [5.74, 6) is -0.758. The lowest BCUT2D eigenvalue weighted by Crippen LogP contribution is -2.47. The van der Waals surface area contributed by atoms with Gasteiger partial charge in [-0.25, -0.2) is 0 Å². The number of carbonyl (C=O) groups excluding carboxylic acids is 2. The fourth-order valence-electron chi connectivity index (χ4n) is 2.34. The van der Waals surface area contributed by atoms with Crippen molar-refractivity contribution in [3.8, 4) is 0 Å². The van der Waals surface area contributed by atoms with Crippen LogP contribution in [0.25, 0.3) is 0 Å². The molecule has 0 aliphatic heterocycles. The van der Waals surface area contributed by atoms with Crippen molar-refractivity contribution in [3.05, 3.63) is 0 Å². The summed E-state index contributed by atoms with van der Waals surface area (Å²) in [5.41, 5.74) is 5.34. The molecular formula is C13H24N2O3. The lowest BCUT2D eigenvalue weighted by Gasteiger charge is -2.30. The summed E-state index contributed by atoms with van der Waals surface area (Å²) in [4.78, 5) is 23.1. The first-order valence-corrected chi connectivity index (χ1v) is 6.68. The monoisotopic (exact) mass is 256 g/mol. The molecular weight excluding hydrogens is 232 g/mol. The fraction of sp³-hybridized carbons (Fsp3) is 0.846. The zero-order valence-corrected chi connectivity index (χ0v) is 11.2. The number of aliphatic hydroxyl groups excluding tert-OH is 1. The van der Waals surface area contributed by atoms with E-state index in [1.54, 1.807) is 0 Å². The van der Waals surface area contributed by atoms with E-state index in [2.05, 4.69) is 5.32 Å². The van der Waals surface area contributed by atoms with Crippen LogP contribution in [0.15, 0.2) is 0 Å². The number of amides is 2. The molecule has 0 aromatic carbocycles. The molecule has 1 fully saturated rings. The number of rotatable bonds is 5. The van der Waals surface area contributed by atoms with Crippen LogP contribution in [0.3, 0.4) is 0 Å². The number of nitrogens with one attached hydrogen (secondary N) is 1. The van der Waals surface area contributed by atoms with Gasteiger partial charge in [-0.3, -0.25) is 9.59 Å². The smallest absolute Gasteiger partial charge is 0.222 e. The SMILES string of the molecule is CC(C)C(O)CC(=O)NC1CCCCC1C(N)=O. The maximum Gasteiger partial charge on any atom is 0.222 e. The largest absolute Gasteiger partial charge is 0.392 e. The van der Waals surface area contributed by atoms with Crippen molar-refractivity contribution in [2.45, 2.75) is 58.1 Å². The molecule has 1 saturated carbocycles. The minimum atomic E-state index is -0.638. The average Bonchev–Trinajstić information content (AvgIpc) is 2.28. The van der Waals surface area contributed by atoms with Crippen LogP contribution in [0.2, 0.25) is 0 Å². The summed E-state index contributed by atoms with van der Waals surface area (Å²) in [5, 5.41) is 12.5. The van der Waals surface area contributed by atoms with E-state index < -0.39 is 6.10 Å². The summed E-state index contributed by atoms with van der Waals surface area (Å²) in [6, 6.07) is -0.164. The van der Waals surface area contributed by atoms with Crippen LogP contribution in [0, 0.1) is 11.8 Å². The Morgan fingerprint density at radius 2 is 1.94 bits per heavy atom. The average molecular weight is 256 g/mol.